The standard InChI is InChI=1S/C7H14N4OS/c1-11(5-2-3-5)6(12)4-13-7(8)10-9/h5H,2-4,9H2,1H3,(H2,8,10). The van der Waals surface area contributed by atoms with Gasteiger partial charge >= 0.3 is 0 Å². The molecule has 0 spiro atoms. The highest BCUT2D eigenvalue weighted by atomic mass is 32.2. The summed E-state index contributed by atoms with van der Waals surface area (Å²) in [6, 6.07) is 0.448. The van der Waals surface area contributed by atoms with Crippen LogP contribution in [0.15, 0.2) is 5.10 Å². The van der Waals surface area contributed by atoms with Gasteiger partial charge in [0.05, 0.1) is 5.75 Å². The maximum Gasteiger partial charge on any atom is 0.233 e. The summed E-state index contributed by atoms with van der Waals surface area (Å²) in [6.07, 6.45) is 2.24. The molecule has 1 aliphatic carbocycles. The van der Waals surface area contributed by atoms with Gasteiger partial charge in [0, 0.05) is 13.1 Å². The van der Waals surface area contributed by atoms with Gasteiger partial charge in [-0.1, -0.05) is 11.8 Å². The number of thioether (sulfide) groups is 1. The number of nitrogens with zero attached hydrogens (tertiary/aromatic N) is 2. The highest BCUT2D eigenvalue weighted by Gasteiger charge is 2.29. The maximum atomic E-state index is 11.4. The van der Waals surface area contributed by atoms with Crippen LogP contribution in [0.25, 0.3) is 0 Å². The molecule has 0 saturated heterocycles. The van der Waals surface area contributed by atoms with Crippen molar-refractivity contribution in [3.05, 3.63) is 0 Å². The van der Waals surface area contributed by atoms with Crippen molar-refractivity contribution in [2.75, 3.05) is 12.8 Å². The van der Waals surface area contributed by atoms with Crippen molar-refractivity contribution in [2.24, 2.45) is 16.7 Å². The summed E-state index contributed by atoms with van der Waals surface area (Å²) < 4.78 is 0. The minimum atomic E-state index is 0.0825. The fraction of sp³-hybridized carbons (Fsp3) is 0.714. The zero-order valence-corrected chi connectivity index (χ0v) is 8.38. The Morgan fingerprint density at radius 2 is 2.31 bits per heavy atom. The molecule has 6 heteroatoms. The van der Waals surface area contributed by atoms with E-state index in [1.54, 1.807) is 4.90 Å². The molecule has 1 rings (SSSR count). The lowest BCUT2D eigenvalue weighted by atomic mass is 10.5. The van der Waals surface area contributed by atoms with E-state index in [0.717, 1.165) is 12.8 Å². The number of amides is 1. The van der Waals surface area contributed by atoms with Gasteiger partial charge in [0.15, 0.2) is 5.17 Å². The molecule has 0 radical (unpaired) electrons. The van der Waals surface area contributed by atoms with Gasteiger partial charge in [0.2, 0.25) is 5.91 Å². The van der Waals surface area contributed by atoms with Crippen molar-refractivity contribution < 1.29 is 4.79 Å². The van der Waals surface area contributed by atoms with E-state index in [1.807, 2.05) is 7.05 Å². The Hall–Kier alpha value is -0.910. The van der Waals surface area contributed by atoms with Crippen molar-refractivity contribution in [1.82, 2.24) is 4.90 Å². The first kappa shape index (κ1) is 10.2. The van der Waals surface area contributed by atoms with E-state index < -0.39 is 0 Å². The lowest BCUT2D eigenvalue weighted by Gasteiger charge is -2.15. The zero-order valence-electron chi connectivity index (χ0n) is 7.56. The molecule has 0 aromatic heterocycles. The number of rotatable bonds is 3. The Morgan fingerprint density at radius 1 is 1.69 bits per heavy atom. The molecule has 0 unspecified atom stereocenters. The molecule has 1 fully saturated rings. The van der Waals surface area contributed by atoms with Gasteiger partial charge in [-0.25, -0.2) is 0 Å². The number of hydrogen-bond acceptors (Lipinski definition) is 4. The van der Waals surface area contributed by atoms with Crippen molar-refractivity contribution in [3.63, 3.8) is 0 Å². The number of carbonyl (C=O) groups is 1. The molecule has 1 saturated carbocycles. The minimum Gasteiger partial charge on any atom is -0.377 e. The molecule has 1 amide bonds. The second-order valence-electron chi connectivity index (χ2n) is 2.99. The molecule has 1 aliphatic rings. The van der Waals surface area contributed by atoms with Gasteiger partial charge < -0.3 is 16.5 Å². The highest BCUT2D eigenvalue weighted by molar-refractivity contribution is 8.14. The van der Waals surface area contributed by atoms with E-state index in [1.165, 1.54) is 11.8 Å². The molecule has 13 heavy (non-hydrogen) atoms. The summed E-state index contributed by atoms with van der Waals surface area (Å²) in [5.41, 5.74) is 5.33. The predicted octanol–water partition coefficient (Wildman–Crippen LogP) is -0.471. The second kappa shape index (κ2) is 4.36. The van der Waals surface area contributed by atoms with Gasteiger partial charge in [0.25, 0.3) is 0 Å². The van der Waals surface area contributed by atoms with Crippen LogP contribution in [0.5, 0.6) is 0 Å². The van der Waals surface area contributed by atoms with Crippen molar-refractivity contribution >= 4 is 22.8 Å². The molecule has 0 atom stereocenters. The summed E-state index contributed by atoms with van der Waals surface area (Å²) in [5, 5.41) is 3.51. The molecule has 5 nitrogen and oxygen atoms in total. The summed E-state index contributed by atoms with van der Waals surface area (Å²) in [5.74, 6) is 5.33. The van der Waals surface area contributed by atoms with E-state index in [0.29, 0.717) is 11.8 Å². The molecule has 0 aliphatic heterocycles. The Bertz CT molecular complexity index is 227. The van der Waals surface area contributed by atoms with Gasteiger partial charge in [-0.05, 0) is 12.8 Å². The van der Waals surface area contributed by atoms with Crippen molar-refractivity contribution in [3.8, 4) is 0 Å². The van der Waals surface area contributed by atoms with Crippen LogP contribution in [0.1, 0.15) is 12.8 Å². The number of hydrazone groups is 1. The van der Waals surface area contributed by atoms with Crippen molar-refractivity contribution in [1.29, 1.82) is 0 Å². The normalized spacial score (nSPS) is 17.2. The molecule has 0 heterocycles. The SMILES string of the molecule is CN(C(=O)CSC(N)=NN)C1CC1. The van der Waals surface area contributed by atoms with Crippen LogP contribution in [-0.4, -0.2) is 34.8 Å². The Morgan fingerprint density at radius 3 is 2.77 bits per heavy atom. The average molecular weight is 202 g/mol. The van der Waals surface area contributed by atoms with E-state index >= 15 is 0 Å². The molecule has 0 bridgehead atoms. The van der Waals surface area contributed by atoms with E-state index in [4.69, 9.17) is 11.6 Å². The summed E-state index contributed by atoms with van der Waals surface area (Å²) in [7, 11) is 1.82. The molecule has 4 N–H and O–H groups in total. The topological polar surface area (TPSA) is 84.7 Å². The highest BCUT2D eigenvalue weighted by Crippen LogP contribution is 2.25. The quantitative estimate of drug-likeness (QED) is 0.280. The fourth-order valence-electron chi connectivity index (χ4n) is 0.940. The molecule has 0 aromatic rings. The van der Waals surface area contributed by atoms with E-state index in [9.17, 15) is 4.79 Å². The maximum absolute atomic E-state index is 11.4. The van der Waals surface area contributed by atoms with Crippen LogP contribution < -0.4 is 11.6 Å². The molecular formula is C7H14N4OS. The van der Waals surface area contributed by atoms with Gasteiger partial charge in [-0.2, -0.15) is 5.10 Å². The van der Waals surface area contributed by atoms with Gasteiger partial charge in [-0.15, -0.1) is 0 Å². The van der Waals surface area contributed by atoms with Crippen LogP contribution in [0, 0.1) is 0 Å². The fourth-order valence-corrected chi connectivity index (χ4v) is 1.49. The number of nitrogens with two attached hydrogens (primary N) is 2. The summed E-state index contributed by atoms with van der Waals surface area (Å²) in [4.78, 5) is 13.2. The Balaban J connectivity index is 2.24. The third-order valence-corrected chi connectivity index (χ3v) is 2.75. The van der Waals surface area contributed by atoms with E-state index in [2.05, 4.69) is 5.10 Å². The van der Waals surface area contributed by atoms with Gasteiger partial charge in [0.1, 0.15) is 0 Å². The van der Waals surface area contributed by atoms with Crippen LogP contribution >= 0.6 is 11.8 Å². The van der Waals surface area contributed by atoms with Crippen LogP contribution in [-0.2, 0) is 4.79 Å². The Kier molecular flexibility index (Phi) is 3.41. The largest absolute Gasteiger partial charge is 0.377 e. The van der Waals surface area contributed by atoms with Gasteiger partial charge in [-0.3, -0.25) is 4.79 Å². The molecule has 74 valence electrons. The lowest BCUT2D eigenvalue weighted by Crippen LogP contribution is -2.31. The first-order valence-electron chi connectivity index (χ1n) is 4.07. The average Bonchev–Trinajstić information content (AvgIpc) is 2.95. The third-order valence-electron chi connectivity index (χ3n) is 1.96. The monoisotopic (exact) mass is 202 g/mol. The number of hydrogen-bond donors (Lipinski definition) is 2. The first-order chi connectivity index (χ1) is 6.15. The predicted molar refractivity (Wildman–Crippen MR) is 54.1 cm³/mol. The number of amidine groups is 1. The molecular weight excluding hydrogens is 188 g/mol. The number of carbonyl (C=O) groups excluding carboxylic acids is 1. The molecule has 0 aromatic carbocycles. The summed E-state index contributed by atoms with van der Waals surface area (Å²) in [6.45, 7) is 0. The van der Waals surface area contributed by atoms with Crippen LogP contribution in [0.3, 0.4) is 0 Å². The third kappa shape index (κ3) is 3.14. The lowest BCUT2D eigenvalue weighted by molar-refractivity contribution is -0.127. The van der Waals surface area contributed by atoms with Crippen molar-refractivity contribution in [2.45, 2.75) is 18.9 Å². The van der Waals surface area contributed by atoms with Crippen LogP contribution in [0.2, 0.25) is 0 Å². The second-order valence-corrected chi connectivity index (χ2v) is 3.99. The Labute approximate surface area is 81.5 Å². The minimum absolute atomic E-state index is 0.0825. The summed E-state index contributed by atoms with van der Waals surface area (Å²) >= 11 is 1.17. The van der Waals surface area contributed by atoms with E-state index in [-0.39, 0.29) is 11.1 Å². The first-order valence-corrected chi connectivity index (χ1v) is 5.05. The smallest absolute Gasteiger partial charge is 0.233 e. The van der Waals surface area contributed by atoms with Crippen LogP contribution in [0.4, 0.5) is 0 Å². The zero-order chi connectivity index (χ0) is 9.84.